The first kappa shape index (κ1) is 24.0. The summed E-state index contributed by atoms with van der Waals surface area (Å²) >= 11 is 0. The number of esters is 1. The van der Waals surface area contributed by atoms with Crippen LogP contribution in [0.15, 0.2) is 60.0 Å². The third-order valence-electron chi connectivity index (χ3n) is 4.88. The molecule has 3 rings (SSSR count). The molecule has 1 fully saturated rings. The number of anilines is 1. The van der Waals surface area contributed by atoms with Crippen molar-refractivity contribution in [1.29, 1.82) is 0 Å². The number of carbonyl (C=O) groups is 3. The summed E-state index contributed by atoms with van der Waals surface area (Å²) in [6.07, 6.45) is 5.27. The predicted octanol–water partition coefficient (Wildman–Crippen LogP) is 3.02. The molecule has 0 bridgehead atoms. The first-order valence-electron chi connectivity index (χ1n) is 10.4. The van der Waals surface area contributed by atoms with Gasteiger partial charge in [-0.25, -0.2) is 18.0 Å². The van der Waals surface area contributed by atoms with E-state index in [0.717, 1.165) is 36.7 Å². The molecule has 1 aliphatic rings. The molecule has 0 unspecified atom stereocenters. The van der Waals surface area contributed by atoms with Crippen LogP contribution in [0.25, 0.3) is 6.08 Å². The Labute approximate surface area is 192 Å². The molecule has 3 amide bonds. The zero-order chi connectivity index (χ0) is 23.7. The van der Waals surface area contributed by atoms with Crippen molar-refractivity contribution in [3.8, 4) is 0 Å². The molecule has 1 aliphatic carbocycles. The van der Waals surface area contributed by atoms with Crippen LogP contribution in [-0.2, 0) is 19.6 Å². The summed E-state index contributed by atoms with van der Waals surface area (Å²) in [4.78, 5) is 35.9. The number of benzene rings is 2. The fourth-order valence-electron chi connectivity index (χ4n) is 3.31. The summed E-state index contributed by atoms with van der Waals surface area (Å²) in [5.41, 5.74) is 0.920. The van der Waals surface area contributed by atoms with Crippen LogP contribution in [0.1, 0.15) is 41.6 Å². The van der Waals surface area contributed by atoms with Gasteiger partial charge in [0.2, 0.25) is 0 Å². The second-order valence-corrected chi connectivity index (χ2v) is 9.09. The van der Waals surface area contributed by atoms with E-state index in [1.165, 1.54) is 30.3 Å². The largest absolute Gasteiger partial charge is 0.452 e. The molecule has 9 nitrogen and oxygen atoms in total. The molecule has 3 N–H and O–H groups in total. The van der Waals surface area contributed by atoms with Gasteiger partial charge in [-0.05, 0) is 42.7 Å². The molecule has 2 aromatic carbocycles. The van der Waals surface area contributed by atoms with Crippen molar-refractivity contribution in [3.05, 3.63) is 71.1 Å². The number of ether oxygens (including phenoxy) is 1. The molecule has 0 atom stereocenters. The molecule has 0 spiro atoms. The third kappa shape index (κ3) is 8.08. The number of rotatable bonds is 8. The van der Waals surface area contributed by atoms with Crippen molar-refractivity contribution >= 4 is 39.7 Å². The van der Waals surface area contributed by atoms with Crippen LogP contribution in [0.3, 0.4) is 0 Å². The normalized spacial score (nSPS) is 14.1. The number of amides is 3. The van der Waals surface area contributed by atoms with Crippen molar-refractivity contribution in [3.63, 3.8) is 0 Å². The highest BCUT2D eigenvalue weighted by Gasteiger charge is 2.19. The van der Waals surface area contributed by atoms with E-state index in [2.05, 4.69) is 15.4 Å². The first-order valence-corrected chi connectivity index (χ1v) is 12.0. The fraction of sp³-hybridized carbons (Fsp3) is 0.261. The topological polar surface area (TPSA) is 131 Å². The summed E-state index contributed by atoms with van der Waals surface area (Å²) in [6, 6.07) is 14.0. The minimum atomic E-state index is -3.82. The molecule has 0 aromatic heterocycles. The molecular formula is C23H25N3O6S. The zero-order valence-electron chi connectivity index (χ0n) is 17.8. The van der Waals surface area contributed by atoms with Crippen molar-refractivity contribution in [2.75, 3.05) is 11.3 Å². The van der Waals surface area contributed by atoms with Gasteiger partial charge in [-0.15, -0.1) is 0 Å². The Kier molecular flexibility index (Phi) is 8.20. The molecule has 174 valence electrons. The third-order valence-corrected chi connectivity index (χ3v) is 5.89. The second-order valence-electron chi connectivity index (χ2n) is 7.52. The van der Waals surface area contributed by atoms with Crippen LogP contribution in [0, 0.1) is 0 Å². The maximum atomic E-state index is 12.3. The van der Waals surface area contributed by atoms with Gasteiger partial charge in [0.25, 0.3) is 15.9 Å². The van der Waals surface area contributed by atoms with E-state index in [9.17, 15) is 22.8 Å². The minimum Gasteiger partial charge on any atom is -0.452 e. The van der Waals surface area contributed by atoms with Gasteiger partial charge in [0.1, 0.15) is 0 Å². The van der Waals surface area contributed by atoms with Crippen LogP contribution in [0.4, 0.5) is 10.5 Å². The van der Waals surface area contributed by atoms with Gasteiger partial charge in [-0.1, -0.05) is 49.2 Å². The second kappa shape index (κ2) is 11.3. The van der Waals surface area contributed by atoms with E-state index in [4.69, 9.17) is 4.74 Å². The number of hydrogen-bond acceptors (Lipinski definition) is 6. The average molecular weight is 472 g/mol. The minimum absolute atomic E-state index is 0.0467. The maximum Gasteiger partial charge on any atom is 0.338 e. The molecule has 2 aromatic rings. The lowest BCUT2D eigenvalue weighted by molar-refractivity contribution is -0.123. The Morgan fingerprint density at radius 2 is 1.73 bits per heavy atom. The van der Waals surface area contributed by atoms with E-state index in [-0.39, 0.29) is 17.3 Å². The van der Waals surface area contributed by atoms with Crippen LogP contribution >= 0.6 is 0 Å². The molecule has 0 saturated heterocycles. The van der Waals surface area contributed by atoms with Crippen LogP contribution < -0.4 is 15.4 Å². The zero-order valence-corrected chi connectivity index (χ0v) is 18.6. The number of carbonyl (C=O) groups excluding carboxylic acids is 3. The average Bonchev–Trinajstić information content (AvgIpc) is 3.29. The van der Waals surface area contributed by atoms with E-state index in [0.29, 0.717) is 0 Å². The van der Waals surface area contributed by atoms with Gasteiger partial charge in [0, 0.05) is 11.7 Å². The number of nitrogens with one attached hydrogen (secondary N) is 3. The fourth-order valence-corrected chi connectivity index (χ4v) is 4.17. The lowest BCUT2D eigenvalue weighted by atomic mass is 10.2. The van der Waals surface area contributed by atoms with Gasteiger partial charge in [-0.2, -0.15) is 0 Å². The Bertz CT molecular complexity index is 1130. The quantitative estimate of drug-likeness (QED) is 0.507. The van der Waals surface area contributed by atoms with Crippen molar-refractivity contribution < 1.29 is 27.5 Å². The number of hydrogen-bond donors (Lipinski definition) is 3. The standard InChI is InChI=1S/C23H25N3O6S/c27-21(25-23(29)24-19-10-4-5-11-19)16-32-22(28)18-9-6-12-20(15-18)26-33(30,31)14-13-17-7-2-1-3-8-17/h1-3,6-9,12-15,19,26H,4-5,10-11,16H2,(H2,24,25,27,29). The molecule has 0 aliphatic heterocycles. The van der Waals surface area contributed by atoms with Gasteiger partial charge in [-0.3, -0.25) is 14.8 Å². The Balaban J connectivity index is 1.50. The predicted molar refractivity (Wildman–Crippen MR) is 124 cm³/mol. The molecule has 10 heteroatoms. The number of imide groups is 1. The van der Waals surface area contributed by atoms with E-state index >= 15 is 0 Å². The summed E-state index contributed by atoms with van der Waals surface area (Å²) in [5, 5.41) is 5.84. The number of urea groups is 1. The highest BCUT2D eigenvalue weighted by atomic mass is 32.2. The highest BCUT2D eigenvalue weighted by Crippen LogP contribution is 2.17. The lowest BCUT2D eigenvalue weighted by Crippen LogP contribution is -2.44. The van der Waals surface area contributed by atoms with Gasteiger partial charge in [0.05, 0.1) is 11.0 Å². The Morgan fingerprint density at radius 1 is 1.00 bits per heavy atom. The monoisotopic (exact) mass is 471 g/mol. The van der Waals surface area contributed by atoms with Crippen LogP contribution in [0.2, 0.25) is 0 Å². The highest BCUT2D eigenvalue weighted by molar-refractivity contribution is 7.95. The van der Waals surface area contributed by atoms with Gasteiger partial charge < -0.3 is 10.1 Å². The van der Waals surface area contributed by atoms with Crippen molar-refractivity contribution in [2.24, 2.45) is 0 Å². The van der Waals surface area contributed by atoms with E-state index < -0.39 is 34.5 Å². The Morgan fingerprint density at radius 3 is 2.45 bits per heavy atom. The van der Waals surface area contributed by atoms with Gasteiger partial charge >= 0.3 is 12.0 Å². The Hall–Kier alpha value is -3.66. The van der Waals surface area contributed by atoms with Crippen molar-refractivity contribution in [1.82, 2.24) is 10.6 Å². The van der Waals surface area contributed by atoms with E-state index in [1.807, 2.05) is 6.07 Å². The summed E-state index contributed by atoms with van der Waals surface area (Å²) in [6.45, 7) is -0.646. The molecule has 0 radical (unpaired) electrons. The molecule has 1 saturated carbocycles. The number of sulfonamides is 1. The van der Waals surface area contributed by atoms with Crippen LogP contribution in [-0.4, -0.2) is 39.0 Å². The summed E-state index contributed by atoms with van der Waals surface area (Å²) in [7, 11) is -3.82. The molecular weight excluding hydrogens is 446 g/mol. The maximum absolute atomic E-state index is 12.3. The lowest BCUT2D eigenvalue weighted by Gasteiger charge is -2.12. The SMILES string of the molecule is O=C(COC(=O)c1cccc(NS(=O)(=O)C=Cc2ccccc2)c1)NC(=O)NC1CCCC1. The van der Waals surface area contributed by atoms with E-state index in [1.54, 1.807) is 24.3 Å². The summed E-state index contributed by atoms with van der Waals surface area (Å²) < 4.78 is 31.9. The van der Waals surface area contributed by atoms with Gasteiger partial charge in [0.15, 0.2) is 6.61 Å². The molecule has 0 heterocycles. The molecule has 33 heavy (non-hydrogen) atoms. The van der Waals surface area contributed by atoms with Crippen molar-refractivity contribution in [2.45, 2.75) is 31.7 Å². The smallest absolute Gasteiger partial charge is 0.338 e. The first-order chi connectivity index (χ1) is 15.8. The van der Waals surface area contributed by atoms with Crippen LogP contribution in [0.5, 0.6) is 0 Å². The summed E-state index contributed by atoms with van der Waals surface area (Å²) in [5.74, 6) is -1.59.